The Bertz CT molecular complexity index is 384. The van der Waals surface area contributed by atoms with Gasteiger partial charge in [-0.05, 0) is 30.9 Å². The van der Waals surface area contributed by atoms with Crippen LogP contribution in [-0.4, -0.2) is 29.9 Å². The Hall–Kier alpha value is -0.770. The average molecular weight is 256 g/mol. The fourth-order valence-electron chi connectivity index (χ4n) is 2.40. The van der Waals surface area contributed by atoms with Gasteiger partial charge in [0.2, 0.25) is 0 Å². The summed E-state index contributed by atoms with van der Waals surface area (Å²) in [6, 6.07) is 5.55. The first-order valence-electron chi connectivity index (χ1n) is 5.99. The maximum absolute atomic E-state index is 9.34. The molecule has 1 atom stereocenters. The lowest BCUT2D eigenvalue weighted by atomic mass is 9.98. The van der Waals surface area contributed by atoms with Crippen molar-refractivity contribution in [3.8, 4) is 0 Å². The maximum Gasteiger partial charge on any atom is 0.0702 e. The van der Waals surface area contributed by atoms with Gasteiger partial charge in [-0.3, -0.25) is 0 Å². The van der Waals surface area contributed by atoms with E-state index in [1.165, 1.54) is 0 Å². The lowest BCUT2D eigenvalue weighted by Crippen LogP contribution is -2.37. The van der Waals surface area contributed by atoms with Crippen molar-refractivity contribution in [3.63, 3.8) is 0 Å². The van der Waals surface area contributed by atoms with Crippen molar-refractivity contribution >= 4 is 17.3 Å². The molecule has 1 aliphatic heterocycles. The highest BCUT2D eigenvalue weighted by Crippen LogP contribution is 2.29. The molecule has 2 rings (SSSR count). The first-order valence-corrected chi connectivity index (χ1v) is 6.37. The molecule has 1 aromatic carbocycles. The van der Waals surface area contributed by atoms with Gasteiger partial charge in [0.15, 0.2) is 0 Å². The fraction of sp³-hybridized carbons (Fsp3) is 0.538. The van der Waals surface area contributed by atoms with Crippen molar-refractivity contribution in [2.24, 2.45) is 5.92 Å². The minimum absolute atomic E-state index is 0.0206. The molecule has 1 saturated heterocycles. The third kappa shape index (κ3) is 2.92. The van der Waals surface area contributed by atoms with Gasteiger partial charge in [-0.15, -0.1) is 0 Å². The molecule has 0 bridgehead atoms. The normalized spacial score (nSPS) is 20.6. The molecule has 0 saturated carbocycles. The highest BCUT2D eigenvalue weighted by atomic mass is 35.5. The Morgan fingerprint density at radius 2 is 2.18 bits per heavy atom. The zero-order valence-corrected chi connectivity index (χ0v) is 10.5. The molecule has 2 N–H and O–H groups in total. The standard InChI is InChI=1S/C13H18ClNO2/c14-12-4-3-11(9-17)13(6-12)15-5-1-2-10(7-15)8-16/h3-4,6,10,16-17H,1-2,5,7-9H2. The molecule has 0 amide bonds. The second kappa shape index (κ2) is 5.71. The molecule has 17 heavy (non-hydrogen) atoms. The van der Waals surface area contributed by atoms with Crippen LogP contribution in [0.4, 0.5) is 5.69 Å². The summed E-state index contributed by atoms with van der Waals surface area (Å²) in [5.41, 5.74) is 1.89. The third-order valence-electron chi connectivity index (χ3n) is 3.34. The van der Waals surface area contributed by atoms with E-state index < -0.39 is 0 Å². The molecule has 0 aromatic heterocycles. The Kier molecular flexibility index (Phi) is 4.26. The topological polar surface area (TPSA) is 43.7 Å². The van der Waals surface area contributed by atoms with Crippen LogP contribution in [0.3, 0.4) is 0 Å². The van der Waals surface area contributed by atoms with E-state index in [0.717, 1.165) is 37.2 Å². The minimum atomic E-state index is 0.0206. The van der Waals surface area contributed by atoms with Gasteiger partial charge < -0.3 is 15.1 Å². The number of rotatable bonds is 3. The van der Waals surface area contributed by atoms with Gasteiger partial charge in [-0.25, -0.2) is 0 Å². The monoisotopic (exact) mass is 255 g/mol. The quantitative estimate of drug-likeness (QED) is 0.869. The lowest BCUT2D eigenvalue weighted by Gasteiger charge is -2.34. The van der Waals surface area contributed by atoms with Crippen LogP contribution < -0.4 is 4.90 Å². The van der Waals surface area contributed by atoms with Crippen LogP contribution in [0.15, 0.2) is 18.2 Å². The fourth-order valence-corrected chi connectivity index (χ4v) is 2.56. The maximum atomic E-state index is 9.34. The molecule has 0 radical (unpaired) electrons. The number of aliphatic hydroxyl groups is 2. The molecule has 94 valence electrons. The summed E-state index contributed by atoms with van der Waals surface area (Å²) in [6.45, 7) is 2.05. The van der Waals surface area contributed by atoms with Crippen LogP contribution in [0.25, 0.3) is 0 Å². The van der Waals surface area contributed by atoms with Crippen LogP contribution in [0, 0.1) is 5.92 Å². The number of nitrogens with zero attached hydrogens (tertiary/aromatic N) is 1. The van der Waals surface area contributed by atoms with E-state index in [9.17, 15) is 10.2 Å². The van der Waals surface area contributed by atoms with Gasteiger partial charge in [-0.2, -0.15) is 0 Å². The first kappa shape index (κ1) is 12.7. The molecule has 1 aliphatic rings. The van der Waals surface area contributed by atoms with Gasteiger partial charge >= 0.3 is 0 Å². The number of anilines is 1. The van der Waals surface area contributed by atoms with Gasteiger partial charge in [0.1, 0.15) is 0 Å². The van der Waals surface area contributed by atoms with E-state index in [1.54, 1.807) is 6.07 Å². The van der Waals surface area contributed by atoms with Crippen molar-refractivity contribution in [2.45, 2.75) is 19.4 Å². The van der Waals surface area contributed by atoms with Gasteiger partial charge in [0.25, 0.3) is 0 Å². The Morgan fingerprint density at radius 1 is 1.35 bits per heavy atom. The summed E-state index contributed by atoms with van der Waals surface area (Å²) in [7, 11) is 0. The second-order valence-electron chi connectivity index (χ2n) is 4.57. The van der Waals surface area contributed by atoms with Crippen LogP contribution in [0.1, 0.15) is 18.4 Å². The Labute approximate surface area is 107 Å². The predicted molar refractivity (Wildman–Crippen MR) is 69.4 cm³/mol. The number of hydrogen-bond donors (Lipinski definition) is 2. The van der Waals surface area contributed by atoms with Gasteiger partial charge in [0, 0.05) is 36.0 Å². The van der Waals surface area contributed by atoms with E-state index in [-0.39, 0.29) is 13.2 Å². The summed E-state index contributed by atoms with van der Waals surface area (Å²) in [4.78, 5) is 2.21. The van der Waals surface area contributed by atoms with Crippen molar-refractivity contribution in [3.05, 3.63) is 28.8 Å². The molecule has 1 aromatic rings. The van der Waals surface area contributed by atoms with E-state index in [4.69, 9.17) is 11.6 Å². The number of piperidine rings is 1. The number of halogens is 1. The van der Waals surface area contributed by atoms with E-state index >= 15 is 0 Å². The van der Waals surface area contributed by atoms with Crippen molar-refractivity contribution < 1.29 is 10.2 Å². The molecule has 0 aliphatic carbocycles. The Morgan fingerprint density at radius 3 is 2.88 bits per heavy atom. The van der Waals surface area contributed by atoms with Crippen LogP contribution >= 0.6 is 11.6 Å². The highest BCUT2D eigenvalue weighted by Gasteiger charge is 2.21. The average Bonchev–Trinajstić information content (AvgIpc) is 2.39. The molecule has 4 heteroatoms. The first-order chi connectivity index (χ1) is 8.24. The summed E-state index contributed by atoms with van der Waals surface area (Å²) < 4.78 is 0. The van der Waals surface area contributed by atoms with E-state index in [1.807, 2.05) is 12.1 Å². The van der Waals surface area contributed by atoms with Crippen molar-refractivity contribution in [1.29, 1.82) is 0 Å². The zero-order chi connectivity index (χ0) is 12.3. The van der Waals surface area contributed by atoms with Gasteiger partial charge in [-0.1, -0.05) is 17.7 Å². The summed E-state index contributed by atoms with van der Waals surface area (Å²) in [5.74, 6) is 0.328. The number of benzene rings is 1. The van der Waals surface area contributed by atoms with Crippen LogP contribution in [0.5, 0.6) is 0 Å². The SMILES string of the molecule is OCc1ccc(Cl)cc1N1CCCC(CO)C1. The number of hydrogen-bond acceptors (Lipinski definition) is 3. The molecule has 1 unspecified atom stereocenters. The zero-order valence-electron chi connectivity index (χ0n) is 9.77. The van der Waals surface area contributed by atoms with Crippen molar-refractivity contribution in [1.82, 2.24) is 0 Å². The summed E-state index contributed by atoms with van der Waals surface area (Å²) in [5, 5.41) is 19.3. The molecular formula is C13H18ClNO2. The third-order valence-corrected chi connectivity index (χ3v) is 3.57. The lowest BCUT2D eigenvalue weighted by molar-refractivity contribution is 0.208. The molecule has 0 spiro atoms. The highest BCUT2D eigenvalue weighted by molar-refractivity contribution is 6.30. The van der Waals surface area contributed by atoms with Crippen LogP contribution in [-0.2, 0) is 6.61 Å². The largest absolute Gasteiger partial charge is 0.396 e. The Balaban J connectivity index is 2.22. The summed E-state index contributed by atoms with van der Waals surface area (Å²) >= 11 is 6.01. The smallest absolute Gasteiger partial charge is 0.0702 e. The van der Waals surface area contributed by atoms with Crippen molar-refractivity contribution in [2.75, 3.05) is 24.6 Å². The molecule has 1 fully saturated rings. The van der Waals surface area contributed by atoms with Crippen LogP contribution in [0.2, 0.25) is 5.02 Å². The van der Waals surface area contributed by atoms with E-state index in [0.29, 0.717) is 10.9 Å². The molecule has 1 heterocycles. The minimum Gasteiger partial charge on any atom is -0.396 e. The predicted octanol–water partition coefficient (Wildman–Crippen LogP) is 2.04. The molecule has 3 nitrogen and oxygen atoms in total. The van der Waals surface area contributed by atoms with E-state index in [2.05, 4.69) is 4.90 Å². The number of aliphatic hydroxyl groups excluding tert-OH is 2. The molecular weight excluding hydrogens is 238 g/mol. The van der Waals surface area contributed by atoms with Gasteiger partial charge in [0.05, 0.1) is 6.61 Å². The second-order valence-corrected chi connectivity index (χ2v) is 5.00. The summed E-state index contributed by atoms with van der Waals surface area (Å²) in [6.07, 6.45) is 2.14.